The largest absolute Gasteiger partial charge is 0.389 e. The van der Waals surface area contributed by atoms with Crippen LogP contribution in [0.3, 0.4) is 0 Å². The highest BCUT2D eigenvalue weighted by atomic mass is 19.4. The van der Waals surface area contributed by atoms with Crippen molar-refractivity contribution in [2.24, 2.45) is 5.84 Å². The summed E-state index contributed by atoms with van der Waals surface area (Å²) in [6.07, 6.45) is -4.23. The van der Waals surface area contributed by atoms with Crippen molar-refractivity contribution >= 4 is 0 Å². The Bertz CT molecular complexity index is 206. The second-order valence-electron chi connectivity index (χ2n) is 4.48. The van der Waals surface area contributed by atoms with E-state index in [9.17, 15) is 13.2 Å². The van der Waals surface area contributed by atoms with E-state index in [0.29, 0.717) is 0 Å². The Morgan fingerprint density at radius 1 is 1.31 bits per heavy atom. The molecule has 0 bridgehead atoms. The molecule has 0 aromatic heterocycles. The summed E-state index contributed by atoms with van der Waals surface area (Å²) in [6, 6.07) is -0.380. The van der Waals surface area contributed by atoms with Crippen LogP contribution < -0.4 is 11.3 Å². The first-order valence-electron chi connectivity index (χ1n) is 5.37. The Kier molecular flexibility index (Phi) is 5.72. The van der Waals surface area contributed by atoms with Crippen LogP contribution in [0.4, 0.5) is 13.2 Å². The first kappa shape index (κ1) is 15.7. The van der Waals surface area contributed by atoms with Crippen LogP contribution in [0.15, 0.2) is 0 Å². The van der Waals surface area contributed by atoms with E-state index in [0.717, 1.165) is 6.42 Å². The Morgan fingerprint density at radius 2 is 1.81 bits per heavy atom. The maximum atomic E-state index is 12.2. The van der Waals surface area contributed by atoms with Crippen molar-refractivity contribution in [1.82, 2.24) is 10.3 Å². The summed E-state index contributed by atoms with van der Waals surface area (Å²) in [7, 11) is 3.70. The van der Waals surface area contributed by atoms with Crippen molar-refractivity contribution in [2.75, 3.05) is 14.1 Å². The second-order valence-corrected chi connectivity index (χ2v) is 4.48. The highest BCUT2D eigenvalue weighted by molar-refractivity contribution is 4.93. The number of nitrogens with one attached hydrogen (secondary N) is 1. The number of alkyl halides is 3. The van der Waals surface area contributed by atoms with Crippen LogP contribution in [0, 0.1) is 0 Å². The third kappa shape index (κ3) is 4.27. The predicted molar refractivity (Wildman–Crippen MR) is 58.8 cm³/mol. The van der Waals surface area contributed by atoms with Crippen LogP contribution in [0.1, 0.15) is 33.1 Å². The molecule has 16 heavy (non-hydrogen) atoms. The Balaban J connectivity index is 4.58. The lowest BCUT2D eigenvalue weighted by Gasteiger charge is -2.42. The molecule has 98 valence electrons. The molecular formula is C10H22F3N3. The lowest BCUT2D eigenvalue weighted by atomic mass is 9.85. The topological polar surface area (TPSA) is 41.3 Å². The molecule has 0 fully saturated rings. The van der Waals surface area contributed by atoms with E-state index in [2.05, 4.69) is 5.43 Å². The van der Waals surface area contributed by atoms with Gasteiger partial charge in [-0.05, 0) is 33.9 Å². The lowest BCUT2D eigenvalue weighted by molar-refractivity contribution is -0.138. The fourth-order valence-electron chi connectivity index (χ4n) is 1.76. The first-order chi connectivity index (χ1) is 7.17. The van der Waals surface area contributed by atoms with Gasteiger partial charge in [-0.2, -0.15) is 13.2 Å². The van der Waals surface area contributed by atoms with Crippen LogP contribution in [0.25, 0.3) is 0 Å². The van der Waals surface area contributed by atoms with E-state index in [1.807, 2.05) is 32.8 Å². The fraction of sp³-hybridized carbons (Fsp3) is 1.00. The highest BCUT2D eigenvalue weighted by Gasteiger charge is 2.37. The molecule has 0 rings (SSSR count). The molecule has 2 unspecified atom stereocenters. The molecule has 0 aromatic carbocycles. The Morgan fingerprint density at radius 3 is 2.06 bits per heavy atom. The molecule has 0 aliphatic rings. The molecule has 0 aliphatic carbocycles. The van der Waals surface area contributed by atoms with Gasteiger partial charge in [0.25, 0.3) is 0 Å². The smallest absolute Gasteiger partial charge is 0.302 e. The molecule has 0 saturated carbocycles. The van der Waals surface area contributed by atoms with Crippen LogP contribution in [0.2, 0.25) is 0 Å². The summed E-state index contributed by atoms with van der Waals surface area (Å²) in [5.41, 5.74) is 2.13. The SMILES string of the molecule is CCC(C)(C(CCC(F)(F)F)NN)N(C)C. The summed E-state index contributed by atoms with van der Waals surface area (Å²) in [6.45, 7) is 3.85. The van der Waals surface area contributed by atoms with Crippen molar-refractivity contribution in [1.29, 1.82) is 0 Å². The van der Waals surface area contributed by atoms with E-state index < -0.39 is 12.6 Å². The number of nitrogens with two attached hydrogens (primary N) is 1. The molecule has 0 aliphatic heterocycles. The van der Waals surface area contributed by atoms with Crippen molar-refractivity contribution in [3.8, 4) is 0 Å². The van der Waals surface area contributed by atoms with Gasteiger partial charge in [-0.3, -0.25) is 11.3 Å². The van der Waals surface area contributed by atoms with Crippen molar-refractivity contribution in [3.63, 3.8) is 0 Å². The highest BCUT2D eigenvalue weighted by Crippen LogP contribution is 2.28. The van der Waals surface area contributed by atoms with Gasteiger partial charge in [0.15, 0.2) is 0 Å². The standard InChI is InChI=1S/C10H22F3N3/c1-5-9(2,16(3)4)8(15-14)6-7-10(11,12)13/h8,15H,5-7,14H2,1-4H3. The summed E-state index contributed by atoms with van der Waals surface area (Å²) < 4.78 is 36.5. The van der Waals surface area contributed by atoms with E-state index >= 15 is 0 Å². The molecule has 3 nitrogen and oxygen atoms in total. The van der Waals surface area contributed by atoms with Gasteiger partial charge >= 0.3 is 6.18 Å². The number of hydrogen-bond acceptors (Lipinski definition) is 3. The number of hydrogen-bond donors (Lipinski definition) is 2. The van der Waals surface area contributed by atoms with Gasteiger partial charge in [0, 0.05) is 18.0 Å². The minimum atomic E-state index is -4.13. The summed E-state index contributed by atoms with van der Waals surface area (Å²) in [5, 5.41) is 0. The van der Waals surface area contributed by atoms with Crippen LogP contribution in [-0.2, 0) is 0 Å². The van der Waals surface area contributed by atoms with E-state index in [1.54, 1.807) is 0 Å². The van der Waals surface area contributed by atoms with Gasteiger partial charge in [-0.25, -0.2) is 0 Å². The fourth-order valence-corrected chi connectivity index (χ4v) is 1.76. The minimum absolute atomic E-state index is 0.0114. The van der Waals surface area contributed by atoms with Gasteiger partial charge < -0.3 is 4.90 Å². The molecule has 0 radical (unpaired) electrons. The number of rotatable bonds is 6. The maximum absolute atomic E-state index is 12.2. The molecular weight excluding hydrogens is 219 g/mol. The molecule has 3 N–H and O–H groups in total. The average Bonchev–Trinajstić information content (AvgIpc) is 2.16. The quantitative estimate of drug-likeness (QED) is 0.551. The van der Waals surface area contributed by atoms with Crippen LogP contribution in [0.5, 0.6) is 0 Å². The van der Waals surface area contributed by atoms with E-state index in [1.165, 1.54) is 0 Å². The van der Waals surface area contributed by atoms with Crippen LogP contribution >= 0.6 is 0 Å². The first-order valence-corrected chi connectivity index (χ1v) is 5.37. The predicted octanol–water partition coefficient (Wildman–Crippen LogP) is 1.89. The van der Waals surface area contributed by atoms with Gasteiger partial charge in [-0.15, -0.1) is 0 Å². The number of halogens is 3. The monoisotopic (exact) mass is 241 g/mol. The van der Waals surface area contributed by atoms with Gasteiger partial charge in [0.2, 0.25) is 0 Å². The minimum Gasteiger partial charge on any atom is -0.302 e. The van der Waals surface area contributed by atoms with Crippen molar-refractivity contribution < 1.29 is 13.2 Å². The lowest BCUT2D eigenvalue weighted by Crippen LogP contribution is -2.58. The van der Waals surface area contributed by atoms with Crippen molar-refractivity contribution in [2.45, 2.75) is 50.9 Å². The summed E-state index contributed by atoms with van der Waals surface area (Å²) >= 11 is 0. The number of likely N-dealkylation sites (N-methyl/N-ethyl adjacent to an activating group) is 1. The average molecular weight is 241 g/mol. The molecule has 0 aromatic rings. The van der Waals surface area contributed by atoms with E-state index in [4.69, 9.17) is 5.84 Å². The number of nitrogens with zero attached hydrogens (tertiary/aromatic N) is 1. The third-order valence-corrected chi connectivity index (χ3v) is 3.41. The summed E-state index contributed by atoms with van der Waals surface area (Å²) in [5.74, 6) is 5.36. The van der Waals surface area contributed by atoms with Crippen LogP contribution in [-0.4, -0.2) is 36.8 Å². The molecule has 0 amide bonds. The zero-order chi connectivity index (χ0) is 13.0. The third-order valence-electron chi connectivity index (χ3n) is 3.41. The van der Waals surface area contributed by atoms with Gasteiger partial charge in [-0.1, -0.05) is 6.92 Å². The van der Waals surface area contributed by atoms with Gasteiger partial charge in [0.05, 0.1) is 0 Å². The molecule has 6 heteroatoms. The molecule has 2 atom stereocenters. The molecule has 0 heterocycles. The van der Waals surface area contributed by atoms with E-state index in [-0.39, 0.29) is 18.0 Å². The Labute approximate surface area is 95.1 Å². The number of hydrazine groups is 1. The zero-order valence-corrected chi connectivity index (χ0v) is 10.4. The molecule has 0 saturated heterocycles. The summed E-state index contributed by atoms with van der Waals surface area (Å²) in [4.78, 5) is 1.91. The second kappa shape index (κ2) is 5.84. The van der Waals surface area contributed by atoms with Gasteiger partial charge in [0.1, 0.15) is 0 Å². The normalized spacial score (nSPS) is 18.6. The molecule has 0 spiro atoms. The zero-order valence-electron chi connectivity index (χ0n) is 10.4. The maximum Gasteiger partial charge on any atom is 0.389 e. The van der Waals surface area contributed by atoms with Crippen molar-refractivity contribution in [3.05, 3.63) is 0 Å². The Hall–Kier alpha value is -0.330.